The molecule has 0 fully saturated rings. The molecule has 1 aromatic carbocycles. The van der Waals surface area contributed by atoms with Crippen LogP contribution >= 0.6 is 0 Å². The van der Waals surface area contributed by atoms with Gasteiger partial charge in [0, 0.05) is 6.20 Å². The lowest BCUT2D eigenvalue weighted by Crippen LogP contribution is -2.10. The molecule has 0 aliphatic carbocycles. The average Bonchev–Trinajstić information content (AvgIpc) is 2.78. The van der Waals surface area contributed by atoms with E-state index >= 15 is 0 Å². The first-order valence-electron chi connectivity index (χ1n) is 6.34. The molecule has 0 bridgehead atoms. The number of benzene rings is 1. The first kappa shape index (κ1) is 12.4. The zero-order chi connectivity index (χ0) is 14.1. The van der Waals surface area contributed by atoms with Gasteiger partial charge in [-0.25, -0.2) is 4.98 Å². The summed E-state index contributed by atoms with van der Waals surface area (Å²) in [4.78, 5) is 8.16. The van der Waals surface area contributed by atoms with Crippen LogP contribution in [-0.2, 0) is 0 Å². The second-order valence-electron chi connectivity index (χ2n) is 4.63. The van der Waals surface area contributed by atoms with Crippen molar-refractivity contribution in [3.63, 3.8) is 0 Å². The van der Waals surface area contributed by atoms with Gasteiger partial charge in [0.15, 0.2) is 0 Å². The van der Waals surface area contributed by atoms with Gasteiger partial charge in [-0.05, 0) is 37.6 Å². The third-order valence-electron chi connectivity index (χ3n) is 3.01. The van der Waals surface area contributed by atoms with Crippen molar-refractivity contribution < 1.29 is 4.74 Å². The van der Waals surface area contributed by atoms with Crippen molar-refractivity contribution >= 4 is 11.7 Å². The summed E-state index contributed by atoms with van der Waals surface area (Å²) in [5.41, 5.74) is 7.61. The van der Waals surface area contributed by atoms with E-state index in [4.69, 9.17) is 10.5 Å². The van der Waals surface area contributed by atoms with Crippen LogP contribution in [0.25, 0.3) is 5.78 Å². The fraction of sp³-hybridized carbons (Fsp3) is 0.214. The first-order chi connectivity index (χ1) is 9.63. The Morgan fingerprint density at radius 1 is 1.30 bits per heavy atom. The summed E-state index contributed by atoms with van der Waals surface area (Å²) in [5.74, 6) is 1.49. The number of ether oxygens (including phenoxy) is 1. The van der Waals surface area contributed by atoms with Crippen LogP contribution in [0.15, 0.2) is 36.5 Å². The normalized spacial score (nSPS) is 12.5. The third kappa shape index (κ3) is 2.27. The van der Waals surface area contributed by atoms with E-state index < -0.39 is 0 Å². The molecule has 0 saturated heterocycles. The number of fused-ring (bicyclic) bond motifs is 1. The van der Waals surface area contributed by atoms with Crippen LogP contribution in [0.4, 0.5) is 5.95 Å². The number of anilines is 1. The van der Waals surface area contributed by atoms with E-state index in [9.17, 15) is 0 Å². The van der Waals surface area contributed by atoms with Crippen LogP contribution in [0.5, 0.6) is 5.75 Å². The molecule has 2 aromatic heterocycles. The van der Waals surface area contributed by atoms with Crippen molar-refractivity contribution in [1.82, 2.24) is 19.6 Å². The molecule has 6 nitrogen and oxygen atoms in total. The van der Waals surface area contributed by atoms with Gasteiger partial charge in [-0.2, -0.15) is 9.50 Å². The van der Waals surface area contributed by atoms with Gasteiger partial charge < -0.3 is 10.5 Å². The van der Waals surface area contributed by atoms with Gasteiger partial charge >= 0.3 is 0 Å². The van der Waals surface area contributed by atoms with Crippen molar-refractivity contribution in [1.29, 1.82) is 0 Å². The highest BCUT2D eigenvalue weighted by Gasteiger charge is 2.14. The summed E-state index contributed by atoms with van der Waals surface area (Å²) in [6.07, 6.45) is 1.48. The van der Waals surface area contributed by atoms with Crippen LogP contribution in [0, 0.1) is 6.92 Å². The molecule has 0 aliphatic rings. The van der Waals surface area contributed by atoms with E-state index in [1.807, 2.05) is 44.2 Å². The summed E-state index contributed by atoms with van der Waals surface area (Å²) in [5, 5.41) is 4.13. The minimum absolute atomic E-state index is 0.191. The third-order valence-corrected chi connectivity index (χ3v) is 3.01. The van der Waals surface area contributed by atoms with Crippen LogP contribution in [0.2, 0.25) is 0 Å². The quantitative estimate of drug-likeness (QED) is 0.788. The van der Waals surface area contributed by atoms with Crippen LogP contribution in [0.3, 0.4) is 0 Å². The molecule has 3 aromatic rings. The summed E-state index contributed by atoms with van der Waals surface area (Å²) in [6.45, 7) is 3.98. The van der Waals surface area contributed by atoms with Crippen molar-refractivity contribution in [2.75, 3.05) is 5.73 Å². The number of aromatic nitrogens is 4. The van der Waals surface area contributed by atoms with Crippen molar-refractivity contribution in [3.8, 4) is 5.75 Å². The molecule has 1 atom stereocenters. The zero-order valence-corrected chi connectivity index (χ0v) is 11.3. The van der Waals surface area contributed by atoms with E-state index in [1.165, 1.54) is 0 Å². The Hall–Kier alpha value is -2.63. The number of aryl methyl sites for hydroxylation is 1. The van der Waals surface area contributed by atoms with Crippen LogP contribution < -0.4 is 10.5 Å². The summed E-state index contributed by atoms with van der Waals surface area (Å²) < 4.78 is 7.55. The summed E-state index contributed by atoms with van der Waals surface area (Å²) in [6, 6.07) is 9.76. The molecule has 0 amide bonds. The number of hydrogen-bond acceptors (Lipinski definition) is 5. The van der Waals surface area contributed by atoms with Gasteiger partial charge in [0.05, 0.1) is 5.69 Å². The SMILES string of the molecule is Cc1cccc(OC(C)c2ccnc3nc(N)nn23)c1. The largest absolute Gasteiger partial charge is 0.484 e. The van der Waals surface area contributed by atoms with Gasteiger partial charge in [0.1, 0.15) is 11.9 Å². The molecule has 1 unspecified atom stereocenters. The molecule has 20 heavy (non-hydrogen) atoms. The summed E-state index contributed by atoms with van der Waals surface area (Å²) >= 11 is 0. The monoisotopic (exact) mass is 269 g/mol. The highest BCUT2D eigenvalue weighted by atomic mass is 16.5. The van der Waals surface area contributed by atoms with E-state index in [1.54, 1.807) is 10.7 Å². The fourth-order valence-electron chi connectivity index (χ4n) is 2.09. The zero-order valence-electron chi connectivity index (χ0n) is 11.3. The highest BCUT2D eigenvalue weighted by molar-refractivity contribution is 5.35. The second-order valence-corrected chi connectivity index (χ2v) is 4.63. The van der Waals surface area contributed by atoms with Gasteiger partial charge in [-0.15, -0.1) is 5.10 Å². The predicted octanol–water partition coefficient (Wildman–Crippen LogP) is 2.15. The molecule has 0 aliphatic heterocycles. The maximum atomic E-state index is 5.94. The van der Waals surface area contributed by atoms with Gasteiger partial charge in [-0.1, -0.05) is 12.1 Å². The Morgan fingerprint density at radius 3 is 2.95 bits per heavy atom. The summed E-state index contributed by atoms with van der Waals surface area (Å²) in [7, 11) is 0. The van der Waals surface area contributed by atoms with Crippen LogP contribution in [-0.4, -0.2) is 19.6 Å². The van der Waals surface area contributed by atoms with Gasteiger partial charge in [0.2, 0.25) is 5.95 Å². The maximum Gasteiger partial charge on any atom is 0.254 e. The minimum Gasteiger partial charge on any atom is -0.484 e. The van der Waals surface area contributed by atoms with Crippen molar-refractivity contribution in [2.45, 2.75) is 20.0 Å². The maximum absolute atomic E-state index is 5.94. The Bertz CT molecular complexity index is 752. The molecule has 2 N–H and O–H groups in total. The molecule has 6 heteroatoms. The predicted molar refractivity (Wildman–Crippen MR) is 75.4 cm³/mol. The molecular weight excluding hydrogens is 254 g/mol. The lowest BCUT2D eigenvalue weighted by atomic mass is 10.2. The van der Waals surface area contributed by atoms with Crippen molar-refractivity contribution in [2.24, 2.45) is 0 Å². The topological polar surface area (TPSA) is 78.3 Å². The first-order valence-corrected chi connectivity index (χ1v) is 6.34. The highest BCUT2D eigenvalue weighted by Crippen LogP contribution is 2.22. The Balaban J connectivity index is 1.94. The molecule has 3 rings (SSSR count). The van der Waals surface area contributed by atoms with E-state index in [-0.39, 0.29) is 12.1 Å². The van der Waals surface area contributed by atoms with Gasteiger partial charge in [-0.3, -0.25) is 0 Å². The Morgan fingerprint density at radius 2 is 2.15 bits per heavy atom. The molecular formula is C14H15N5O. The number of nitrogen functional groups attached to an aromatic ring is 1. The lowest BCUT2D eigenvalue weighted by Gasteiger charge is -2.15. The average molecular weight is 269 g/mol. The molecule has 0 spiro atoms. The number of nitrogens with zero attached hydrogens (tertiary/aromatic N) is 4. The van der Waals surface area contributed by atoms with E-state index in [0.717, 1.165) is 17.0 Å². The fourth-order valence-corrected chi connectivity index (χ4v) is 2.09. The number of nitrogens with two attached hydrogens (primary N) is 1. The smallest absolute Gasteiger partial charge is 0.254 e. The van der Waals surface area contributed by atoms with E-state index in [2.05, 4.69) is 15.1 Å². The Labute approximate surface area is 116 Å². The molecule has 2 heterocycles. The standard InChI is InChI=1S/C14H15N5O/c1-9-4-3-5-11(8-9)20-10(2)12-6-7-16-14-17-13(15)18-19(12)14/h3-8,10H,1-2H3,(H2,15,18). The lowest BCUT2D eigenvalue weighted by molar-refractivity contribution is 0.218. The molecule has 102 valence electrons. The van der Waals surface area contributed by atoms with Gasteiger partial charge in [0.25, 0.3) is 5.78 Å². The number of hydrogen-bond donors (Lipinski definition) is 1. The second kappa shape index (κ2) is 4.80. The molecule has 0 radical (unpaired) electrons. The Kier molecular flexibility index (Phi) is 2.98. The molecule has 0 saturated carbocycles. The minimum atomic E-state index is -0.191. The van der Waals surface area contributed by atoms with E-state index in [0.29, 0.717) is 5.78 Å². The van der Waals surface area contributed by atoms with Crippen molar-refractivity contribution in [3.05, 3.63) is 47.8 Å². The number of rotatable bonds is 3. The van der Waals surface area contributed by atoms with Crippen LogP contribution in [0.1, 0.15) is 24.3 Å².